The summed E-state index contributed by atoms with van der Waals surface area (Å²) in [6.45, 7) is 14.3. The van der Waals surface area contributed by atoms with Gasteiger partial charge in [-0.1, -0.05) is 40.7 Å². The maximum Gasteiger partial charge on any atom is 0.122 e. The van der Waals surface area contributed by atoms with E-state index in [1.54, 1.807) is 7.11 Å². The predicted octanol–water partition coefficient (Wildman–Crippen LogP) is 4.22. The van der Waals surface area contributed by atoms with Crippen LogP contribution in [0.25, 0.3) is 0 Å². The molecule has 0 spiro atoms. The average molecular weight is 277 g/mol. The van der Waals surface area contributed by atoms with Crippen molar-refractivity contribution in [3.05, 3.63) is 28.8 Å². The summed E-state index contributed by atoms with van der Waals surface area (Å²) >= 11 is 0. The zero-order chi connectivity index (χ0) is 15.6. The average Bonchev–Trinajstić information content (AvgIpc) is 2.36. The molecule has 1 aromatic rings. The van der Waals surface area contributed by atoms with Gasteiger partial charge in [0.15, 0.2) is 0 Å². The molecule has 0 heterocycles. The van der Waals surface area contributed by atoms with Gasteiger partial charge < -0.3 is 10.5 Å². The van der Waals surface area contributed by atoms with Crippen LogP contribution in [-0.4, -0.2) is 13.7 Å². The number of hydrogen-bond acceptors (Lipinski definition) is 2. The van der Waals surface area contributed by atoms with Gasteiger partial charge in [0.2, 0.25) is 0 Å². The molecular weight excluding hydrogens is 246 g/mol. The molecule has 0 aromatic heterocycles. The van der Waals surface area contributed by atoms with E-state index in [1.165, 1.54) is 29.5 Å². The molecule has 2 heteroatoms. The van der Waals surface area contributed by atoms with Gasteiger partial charge >= 0.3 is 0 Å². The maximum atomic E-state index is 5.43. The molecule has 0 fully saturated rings. The van der Waals surface area contributed by atoms with Gasteiger partial charge in [-0.25, -0.2) is 0 Å². The Bertz CT molecular complexity index is 461. The maximum absolute atomic E-state index is 5.43. The van der Waals surface area contributed by atoms with Crippen molar-refractivity contribution in [2.75, 3.05) is 13.7 Å². The zero-order valence-electron chi connectivity index (χ0n) is 14.3. The fourth-order valence-corrected chi connectivity index (χ4v) is 2.86. The normalized spacial score (nSPS) is 18.6. The monoisotopic (exact) mass is 277 g/mol. The Morgan fingerprint density at radius 2 is 1.75 bits per heavy atom. The second kappa shape index (κ2) is 6.17. The molecule has 20 heavy (non-hydrogen) atoms. The van der Waals surface area contributed by atoms with Crippen LogP contribution in [0.2, 0.25) is 0 Å². The first-order chi connectivity index (χ1) is 9.21. The Labute approximate surface area is 124 Å². The first kappa shape index (κ1) is 17.0. The van der Waals surface area contributed by atoms with E-state index in [4.69, 9.17) is 10.5 Å². The lowest BCUT2D eigenvalue weighted by atomic mass is 9.57. The molecule has 0 bridgehead atoms. The number of methoxy groups -OCH3 is 1. The van der Waals surface area contributed by atoms with Crippen molar-refractivity contribution in [2.45, 2.75) is 59.8 Å². The lowest BCUT2D eigenvalue weighted by molar-refractivity contribution is 0.164. The number of rotatable bonds is 1. The van der Waals surface area contributed by atoms with Crippen LogP contribution in [0, 0.1) is 12.3 Å². The second-order valence-corrected chi connectivity index (χ2v) is 6.90. The van der Waals surface area contributed by atoms with Crippen LogP contribution in [0.3, 0.4) is 0 Å². The van der Waals surface area contributed by atoms with Crippen molar-refractivity contribution in [2.24, 2.45) is 11.1 Å². The van der Waals surface area contributed by atoms with Crippen LogP contribution in [0.15, 0.2) is 12.1 Å². The summed E-state index contributed by atoms with van der Waals surface area (Å²) in [6.07, 6.45) is 2.42. The van der Waals surface area contributed by atoms with Gasteiger partial charge in [-0.3, -0.25) is 0 Å². The van der Waals surface area contributed by atoms with Crippen molar-refractivity contribution in [3.63, 3.8) is 0 Å². The molecule has 1 aliphatic rings. The fourth-order valence-electron chi connectivity index (χ4n) is 2.86. The number of benzene rings is 1. The lowest BCUT2D eigenvalue weighted by Gasteiger charge is -2.47. The van der Waals surface area contributed by atoms with Crippen molar-refractivity contribution < 1.29 is 4.74 Å². The molecular formula is C18H31NO. The molecule has 0 saturated heterocycles. The van der Waals surface area contributed by atoms with Crippen LogP contribution in [0.4, 0.5) is 0 Å². The summed E-state index contributed by atoms with van der Waals surface area (Å²) in [5.74, 6) is 1.03. The standard InChI is InChI=1S/C16H24O.C2H7N/c1-11-9-13-12(10-14(11)17-6)7-8-15(2,3)16(13,4)5;1-2-3/h9-10H,7-8H2,1-6H3;2-3H2,1H3. The van der Waals surface area contributed by atoms with E-state index in [9.17, 15) is 0 Å². The Kier molecular flexibility index (Phi) is 5.26. The SMILES string of the molecule is CCN.COc1cc2c(cc1C)C(C)(C)C(C)(C)CC2. The van der Waals surface area contributed by atoms with Crippen molar-refractivity contribution >= 4 is 0 Å². The van der Waals surface area contributed by atoms with E-state index in [0.717, 1.165) is 12.3 Å². The van der Waals surface area contributed by atoms with E-state index in [1.807, 2.05) is 6.92 Å². The Morgan fingerprint density at radius 1 is 1.20 bits per heavy atom. The minimum Gasteiger partial charge on any atom is -0.496 e. The third-order valence-electron chi connectivity index (χ3n) is 5.01. The third kappa shape index (κ3) is 3.01. The molecule has 0 unspecified atom stereocenters. The number of ether oxygens (including phenoxy) is 1. The molecule has 1 aromatic carbocycles. The van der Waals surface area contributed by atoms with Gasteiger partial charge in [0.1, 0.15) is 5.75 Å². The lowest BCUT2D eigenvalue weighted by Crippen LogP contribution is -2.41. The topological polar surface area (TPSA) is 35.2 Å². The second-order valence-electron chi connectivity index (χ2n) is 6.90. The highest BCUT2D eigenvalue weighted by atomic mass is 16.5. The summed E-state index contributed by atoms with van der Waals surface area (Å²) in [4.78, 5) is 0. The fraction of sp³-hybridized carbons (Fsp3) is 0.667. The summed E-state index contributed by atoms with van der Waals surface area (Å²) in [5, 5.41) is 0. The highest BCUT2D eigenvalue weighted by Gasteiger charge is 2.42. The Morgan fingerprint density at radius 3 is 2.25 bits per heavy atom. The number of hydrogen-bond donors (Lipinski definition) is 1. The summed E-state index contributed by atoms with van der Waals surface area (Å²) in [7, 11) is 1.76. The number of aryl methyl sites for hydroxylation is 2. The third-order valence-corrected chi connectivity index (χ3v) is 5.01. The van der Waals surface area contributed by atoms with Gasteiger partial charge in [-0.15, -0.1) is 0 Å². The predicted molar refractivity (Wildman–Crippen MR) is 87.6 cm³/mol. The molecule has 0 saturated carbocycles. The summed E-state index contributed by atoms with van der Waals surface area (Å²) in [6, 6.07) is 4.57. The van der Waals surface area contributed by atoms with Crippen molar-refractivity contribution in [1.82, 2.24) is 0 Å². The van der Waals surface area contributed by atoms with Gasteiger partial charge in [-0.05, 0) is 59.9 Å². The van der Waals surface area contributed by atoms with Gasteiger partial charge in [0.05, 0.1) is 7.11 Å². The van der Waals surface area contributed by atoms with E-state index in [2.05, 4.69) is 46.8 Å². The molecule has 2 N–H and O–H groups in total. The van der Waals surface area contributed by atoms with Gasteiger partial charge in [0, 0.05) is 0 Å². The molecule has 0 atom stereocenters. The minimum absolute atomic E-state index is 0.234. The molecule has 2 nitrogen and oxygen atoms in total. The molecule has 1 aliphatic carbocycles. The van der Waals surface area contributed by atoms with Crippen LogP contribution < -0.4 is 10.5 Å². The highest BCUT2D eigenvalue weighted by Crippen LogP contribution is 2.50. The number of nitrogens with two attached hydrogens (primary N) is 1. The Hall–Kier alpha value is -1.02. The Balaban J connectivity index is 0.000000612. The van der Waals surface area contributed by atoms with Crippen LogP contribution in [0.5, 0.6) is 5.75 Å². The van der Waals surface area contributed by atoms with Gasteiger partial charge in [-0.2, -0.15) is 0 Å². The van der Waals surface area contributed by atoms with Crippen LogP contribution >= 0.6 is 0 Å². The molecule has 0 radical (unpaired) electrons. The quantitative estimate of drug-likeness (QED) is 0.834. The van der Waals surface area contributed by atoms with Crippen LogP contribution in [-0.2, 0) is 11.8 Å². The van der Waals surface area contributed by atoms with E-state index in [0.29, 0.717) is 5.41 Å². The largest absolute Gasteiger partial charge is 0.496 e. The van der Waals surface area contributed by atoms with E-state index < -0.39 is 0 Å². The van der Waals surface area contributed by atoms with E-state index >= 15 is 0 Å². The first-order valence-electron chi connectivity index (χ1n) is 7.59. The molecule has 114 valence electrons. The number of fused-ring (bicyclic) bond motifs is 1. The van der Waals surface area contributed by atoms with Crippen LogP contribution in [0.1, 0.15) is 57.7 Å². The molecule has 0 amide bonds. The van der Waals surface area contributed by atoms with Gasteiger partial charge in [0.25, 0.3) is 0 Å². The molecule has 0 aliphatic heterocycles. The smallest absolute Gasteiger partial charge is 0.122 e. The highest BCUT2D eigenvalue weighted by molar-refractivity contribution is 5.47. The zero-order valence-corrected chi connectivity index (χ0v) is 14.3. The first-order valence-corrected chi connectivity index (χ1v) is 7.59. The van der Waals surface area contributed by atoms with Crippen molar-refractivity contribution in [3.8, 4) is 5.75 Å². The minimum atomic E-state index is 0.234. The summed E-state index contributed by atoms with van der Waals surface area (Å²) < 4.78 is 5.43. The van der Waals surface area contributed by atoms with Crippen molar-refractivity contribution in [1.29, 1.82) is 0 Å². The summed E-state index contributed by atoms with van der Waals surface area (Å²) in [5.41, 5.74) is 9.67. The van der Waals surface area contributed by atoms with E-state index in [-0.39, 0.29) is 5.41 Å². The molecule has 2 rings (SSSR count).